The third-order valence-electron chi connectivity index (χ3n) is 9.40. The number of unbranched alkanes of at least 4 members (excludes halogenated alkanes) is 10. The lowest BCUT2D eigenvalue weighted by Crippen LogP contribution is -1.98. The number of aryl methyl sites for hydroxylation is 2. The van der Waals surface area contributed by atoms with Crippen molar-refractivity contribution in [3.05, 3.63) is 83.3 Å². The van der Waals surface area contributed by atoms with Crippen molar-refractivity contribution in [3.8, 4) is 11.1 Å². The molecule has 2 aromatic heterocycles. The van der Waals surface area contributed by atoms with Crippen molar-refractivity contribution in [1.29, 1.82) is 0 Å². The molecule has 43 heavy (non-hydrogen) atoms. The molecule has 0 N–H and O–H groups in total. The third kappa shape index (κ3) is 6.43. The van der Waals surface area contributed by atoms with Crippen LogP contribution < -0.4 is 0 Å². The van der Waals surface area contributed by atoms with E-state index in [-0.39, 0.29) is 0 Å². The van der Waals surface area contributed by atoms with Crippen molar-refractivity contribution >= 4 is 59.5 Å². The maximum absolute atomic E-state index is 3.75. The SMILES string of the molecule is CCCCCCCCn1c2ccccc2c2cc(-c3ccc4c(c3)c3cc(Br)ccc3n4CCCCCCCC)ccc21. The van der Waals surface area contributed by atoms with Gasteiger partial charge in [0.1, 0.15) is 0 Å². The summed E-state index contributed by atoms with van der Waals surface area (Å²) in [7, 11) is 0. The topological polar surface area (TPSA) is 9.86 Å². The Balaban J connectivity index is 1.32. The highest BCUT2D eigenvalue weighted by molar-refractivity contribution is 9.10. The fourth-order valence-corrected chi connectivity index (χ4v) is 7.43. The van der Waals surface area contributed by atoms with Crippen LogP contribution in [0.25, 0.3) is 54.7 Å². The van der Waals surface area contributed by atoms with Gasteiger partial charge in [0, 0.05) is 61.2 Å². The van der Waals surface area contributed by atoms with Crippen molar-refractivity contribution < 1.29 is 0 Å². The molecule has 0 aliphatic carbocycles. The van der Waals surface area contributed by atoms with Gasteiger partial charge in [-0.2, -0.15) is 0 Å². The molecule has 0 bridgehead atoms. The van der Waals surface area contributed by atoms with Gasteiger partial charge < -0.3 is 9.13 Å². The van der Waals surface area contributed by atoms with Crippen LogP contribution in [0.15, 0.2) is 83.3 Å². The molecule has 3 heteroatoms. The first-order valence-corrected chi connectivity index (χ1v) is 17.7. The minimum atomic E-state index is 1.08. The summed E-state index contributed by atoms with van der Waals surface area (Å²) in [5.41, 5.74) is 8.00. The van der Waals surface area contributed by atoms with Crippen LogP contribution in [-0.2, 0) is 13.1 Å². The Labute approximate surface area is 266 Å². The highest BCUT2D eigenvalue weighted by Crippen LogP contribution is 2.37. The number of rotatable bonds is 15. The number of nitrogens with zero attached hydrogens (tertiary/aromatic N) is 2. The Kier molecular flexibility index (Phi) is 9.88. The van der Waals surface area contributed by atoms with E-state index in [1.165, 1.54) is 132 Å². The second-order valence-electron chi connectivity index (χ2n) is 12.5. The van der Waals surface area contributed by atoms with E-state index in [9.17, 15) is 0 Å². The largest absolute Gasteiger partial charge is 0.340 e. The second kappa shape index (κ2) is 14.2. The summed E-state index contributed by atoms with van der Waals surface area (Å²) in [6.07, 6.45) is 15.9. The molecule has 0 aliphatic rings. The first kappa shape index (κ1) is 30.0. The molecule has 0 aliphatic heterocycles. The Hall–Kier alpha value is -3.04. The highest BCUT2D eigenvalue weighted by atomic mass is 79.9. The molecule has 0 amide bonds. The van der Waals surface area contributed by atoms with Crippen molar-refractivity contribution in [2.75, 3.05) is 0 Å². The molecule has 0 saturated carbocycles. The Bertz CT molecular complexity index is 1820. The standard InChI is InChI=1S/C40H47BrN2/c1-3-5-7-9-11-15-25-42-37-18-14-13-17-33(37)34-27-30(19-22-38(34)42)31-20-23-39-35(28-31)36-29-32(41)21-24-40(36)43(39)26-16-12-10-8-6-4-2/h13-14,17-24,27-29H,3-12,15-16,25-26H2,1-2H3. The van der Waals surface area contributed by atoms with E-state index >= 15 is 0 Å². The minimum Gasteiger partial charge on any atom is -0.340 e. The highest BCUT2D eigenvalue weighted by Gasteiger charge is 2.15. The summed E-state index contributed by atoms with van der Waals surface area (Å²) < 4.78 is 6.26. The van der Waals surface area contributed by atoms with E-state index in [4.69, 9.17) is 0 Å². The van der Waals surface area contributed by atoms with E-state index in [0.717, 1.165) is 17.6 Å². The van der Waals surface area contributed by atoms with Gasteiger partial charge >= 0.3 is 0 Å². The Morgan fingerprint density at radius 3 is 1.47 bits per heavy atom. The van der Waals surface area contributed by atoms with Crippen molar-refractivity contribution in [1.82, 2.24) is 9.13 Å². The maximum Gasteiger partial charge on any atom is 0.0492 e. The van der Waals surface area contributed by atoms with Gasteiger partial charge in [-0.3, -0.25) is 0 Å². The number of aromatic nitrogens is 2. The van der Waals surface area contributed by atoms with E-state index in [1.807, 2.05) is 0 Å². The molecule has 2 heterocycles. The summed E-state index contributed by atoms with van der Waals surface area (Å²) in [5, 5.41) is 5.43. The lowest BCUT2D eigenvalue weighted by molar-refractivity contribution is 0.571. The molecule has 0 fully saturated rings. The van der Waals surface area contributed by atoms with Gasteiger partial charge in [0.25, 0.3) is 0 Å². The van der Waals surface area contributed by atoms with Crippen LogP contribution in [0.4, 0.5) is 0 Å². The molecule has 6 aromatic rings. The number of fused-ring (bicyclic) bond motifs is 6. The van der Waals surface area contributed by atoms with Crippen LogP contribution in [0.1, 0.15) is 90.9 Å². The van der Waals surface area contributed by atoms with Gasteiger partial charge in [0.05, 0.1) is 0 Å². The van der Waals surface area contributed by atoms with Gasteiger partial charge in [-0.25, -0.2) is 0 Å². The summed E-state index contributed by atoms with van der Waals surface area (Å²) in [6, 6.07) is 30.0. The number of hydrogen-bond donors (Lipinski definition) is 0. The molecule has 6 rings (SSSR count). The van der Waals surface area contributed by atoms with Crippen LogP contribution in [0.2, 0.25) is 0 Å². The average Bonchev–Trinajstić information content (AvgIpc) is 3.51. The zero-order chi connectivity index (χ0) is 29.6. The van der Waals surface area contributed by atoms with E-state index < -0.39 is 0 Å². The monoisotopic (exact) mass is 634 g/mol. The third-order valence-corrected chi connectivity index (χ3v) is 9.90. The molecular weight excluding hydrogens is 588 g/mol. The summed E-state index contributed by atoms with van der Waals surface area (Å²) in [6.45, 7) is 6.75. The molecule has 0 unspecified atom stereocenters. The zero-order valence-corrected chi connectivity index (χ0v) is 27.8. The summed E-state index contributed by atoms with van der Waals surface area (Å²) in [4.78, 5) is 0. The predicted molar refractivity (Wildman–Crippen MR) is 192 cm³/mol. The molecule has 2 nitrogen and oxygen atoms in total. The molecular formula is C40H47BrN2. The molecule has 4 aromatic carbocycles. The summed E-state index contributed by atoms with van der Waals surface area (Å²) >= 11 is 3.75. The average molecular weight is 636 g/mol. The second-order valence-corrected chi connectivity index (χ2v) is 13.4. The molecule has 0 spiro atoms. The lowest BCUT2D eigenvalue weighted by atomic mass is 10.0. The van der Waals surface area contributed by atoms with E-state index in [2.05, 4.69) is 118 Å². The predicted octanol–water partition coefficient (Wildman–Crippen LogP) is 13.1. The molecule has 0 atom stereocenters. The summed E-state index contributed by atoms with van der Waals surface area (Å²) in [5.74, 6) is 0. The minimum absolute atomic E-state index is 1.08. The number of hydrogen-bond acceptors (Lipinski definition) is 0. The van der Waals surface area contributed by atoms with E-state index in [0.29, 0.717) is 0 Å². The molecule has 0 saturated heterocycles. The van der Waals surface area contributed by atoms with Crippen molar-refractivity contribution in [2.45, 2.75) is 104 Å². The fraction of sp³-hybridized carbons (Fsp3) is 0.400. The van der Waals surface area contributed by atoms with Gasteiger partial charge in [-0.1, -0.05) is 124 Å². The molecule has 0 radical (unpaired) electrons. The van der Waals surface area contributed by atoms with Gasteiger partial charge in [-0.15, -0.1) is 0 Å². The normalized spacial score (nSPS) is 12.0. The Morgan fingerprint density at radius 1 is 0.442 bits per heavy atom. The zero-order valence-electron chi connectivity index (χ0n) is 26.2. The van der Waals surface area contributed by atoms with Crippen LogP contribution in [0.5, 0.6) is 0 Å². The quantitative estimate of drug-likeness (QED) is 0.0994. The van der Waals surface area contributed by atoms with Crippen LogP contribution in [-0.4, -0.2) is 9.13 Å². The Morgan fingerprint density at radius 2 is 0.884 bits per heavy atom. The van der Waals surface area contributed by atoms with Crippen LogP contribution >= 0.6 is 15.9 Å². The van der Waals surface area contributed by atoms with Crippen LogP contribution in [0, 0.1) is 0 Å². The van der Waals surface area contributed by atoms with Crippen molar-refractivity contribution in [3.63, 3.8) is 0 Å². The van der Waals surface area contributed by atoms with Crippen LogP contribution in [0.3, 0.4) is 0 Å². The smallest absolute Gasteiger partial charge is 0.0492 e. The molecule has 224 valence electrons. The first-order valence-electron chi connectivity index (χ1n) is 16.9. The van der Waals surface area contributed by atoms with Crippen molar-refractivity contribution in [2.24, 2.45) is 0 Å². The number of para-hydroxylation sites is 1. The number of benzene rings is 4. The van der Waals surface area contributed by atoms with Gasteiger partial charge in [-0.05, 0) is 72.5 Å². The lowest BCUT2D eigenvalue weighted by Gasteiger charge is -2.09. The first-order chi connectivity index (χ1) is 21.2. The number of halogens is 1. The van der Waals surface area contributed by atoms with E-state index in [1.54, 1.807) is 0 Å². The maximum atomic E-state index is 3.75. The van der Waals surface area contributed by atoms with Gasteiger partial charge in [0.15, 0.2) is 0 Å². The fourth-order valence-electron chi connectivity index (χ4n) is 7.07. The van der Waals surface area contributed by atoms with Gasteiger partial charge in [0.2, 0.25) is 0 Å².